The minimum atomic E-state index is 0.623. The van der Waals surface area contributed by atoms with E-state index in [4.69, 9.17) is 10.5 Å². The smallest absolute Gasteiger partial charge is 0.0646 e. The van der Waals surface area contributed by atoms with Crippen LogP contribution in [0, 0.1) is 5.92 Å². The Bertz CT molecular complexity index is 606. The van der Waals surface area contributed by atoms with Crippen molar-refractivity contribution in [2.45, 2.75) is 25.7 Å². The van der Waals surface area contributed by atoms with Crippen molar-refractivity contribution < 1.29 is 4.74 Å². The van der Waals surface area contributed by atoms with Crippen molar-refractivity contribution in [3.05, 3.63) is 46.5 Å². The van der Waals surface area contributed by atoms with E-state index in [9.17, 15) is 0 Å². The summed E-state index contributed by atoms with van der Waals surface area (Å²) in [4.78, 5) is 0. The summed E-state index contributed by atoms with van der Waals surface area (Å²) in [5.41, 5.74) is 12.1. The van der Waals surface area contributed by atoms with E-state index in [1.54, 1.807) is 12.7 Å². The number of nitrogens with two attached hydrogens (primary N) is 1. The average Bonchev–Trinajstić information content (AvgIpc) is 3.27. The topological polar surface area (TPSA) is 35.2 Å². The Labute approximate surface area is 127 Å². The number of hydrogen-bond donors (Lipinski definition) is 1. The molecule has 2 nitrogen and oxygen atoms in total. The van der Waals surface area contributed by atoms with E-state index < -0.39 is 0 Å². The first-order valence-electron chi connectivity index (χ1n) is 7.71. The maximum Gasteiger partial charge on any atom is 0.0646 e. The van der Waals surface area contributed by atoms with Crippen molar-refractivity contribution in [2.75, 3.05) is 19.5 Å². The maximum absolute atomic E-state index is 6.04. The molecule has 0 radical (unpaired) electrons. The summed E-state index contributed by atoms with van der Waals surface area (Å²) in [6.07, 6.45) is 16.1. The van der Waals surface area contributed by atoms with Crippen molar-refractivity contribution in [2.24, 2.45) is 5.92 Å². The van der Waals surface area contributed by atoms with E-state index in [1.165, 1.54) is 36.0 Å². The molecular formula is C19H23NO. The number of anilines is 1. The van der Waals surface area contributed by atoms with E-state index >= 15 is 0 Å². The highest BCUT2D eigenvalue weighted by Gasteiger charge is 2.22. The second-order valence-electron chi connectivity index (χ2n) is 6.03. The molecule has 2 aliphatic rings. The molecule has 0 aromatic heterocycles. The van der Waals surface area contributed by atoms with E-state index in [1.807, 2.05) is 6.08 Å². The Morgan fingerprint density at radius 1 is 1.33 bits per heavy atom. The van der Waals surface area contributed by atoms with Gasteiger partial charge in [-0.3, -0.25) is 0 Å². The maximum atomic E-state index is 6.04. The number of rotatable bonds is 5. The molecule has 1 aromatic carbocycles. The average molecular weight is 281 g/mol. The van der Waals surface area contributed by atoms with Gasteiger partial charge >= 0.3 is 0 Å². The number of methoxy groups -OCH3 is 1. The summed E-state index contributed by atoms with van der Waals surface area (Å²) >= 11 is 0. The molecule has 0 atom stereocenters. The van der Waals surface area contributed by atoms with Crippen LogP contribution in [0.4, 0.5) is 5.69 Å². The number of benzene rings is 1. The minimum absolute atomic E-state index is 0.623. The van der Waals surface area contributed by atoms with Crippen molar-refractivity contribution in [3.63, 3.8) is 0 Å². The lowest BCUT2D eigenvalue weighted by atomic mass is 9.97. The molecule has 0 saturated heterocycles. The van der Waals surface area contributed by atoms with E-state index in [-0.39, 0.29) is 0 Å². The van der Waals surface area contributed by atoms with E-state index in [2.05, 4.69) is 36.4 Å². The lowest BCUT2D eigenvalue weighted by Gasteiger charge is -2.09. The molecule has 0 bridgehead atoms. The Morgan fingerprint density at radius 3 is 2.95 bits per heavy atom. The quantitative estimate of drug-likeness (QED) is 0.805. The molecule has 0 unspecified atom stereocenters. The van der Waals surface area contributed by atoms with E-state index in [0.717, 1.165) is 18.0 Å². The molecule has 1 aromatic rings. The van der Waals surface area contributed by atoms with Gasteiger partial charge in [0, 0.05) is 12.8 Å². The van der Waals surface area contributed by atoms with Gasteiger partial charge in [-0.2, -0.15) is 0 Å². The fourth-order valence-corrected chi connectivity index (χ4v) is 2.87. The molecule has 2 N–H and O–H groups in total. The zero-order valence-electron chi connectivity index (χ0n) is 12.6. The largest absolute Gasteiger partial charge is 0.399 e. The molecular weight excluding hydrogens is 258 g/mol. The highest BCUT2D eigenvalue weighted by molar-refractivity contribution is 5.79. The standard InChI is InChI=1S/C19H23NO/c1-21-9-3-6-17-13-18(20)12-16-5-2-4-15(11-19(16)17)10-14-7-8-14/h2-3,5-6,11-14H,4,7-10,20H2,1H3/b6-3+. The van der Waals surface area contributed by atoms with Crippen LogP contribution in [-0.4, -0.2) is 13.7 Å². The summed E-state index contributed by atoms with van der Waals surface area (Å²) < 4.78 is 5.10. The van der Waals surface area contributed by atoms with Crippen molar-refractivity contribution in [1.29, 1.82) is 0 Å². The fraction of sp³-hybridized carbons (Fsp3) is 0.368. The van der Waals surface area contributed by atoms with Crippen molar-refractivity contribution in [1.82, 2.24) is 0 Å². The van der Waals surface area contributed by atoms with Crippen LogP contribution in [-0.2, 0) is 4.74 Å². The highest BCUT2D eigenvalue weighted by Crippen LogP contribution is 2.38. The van der Waals surface area contributed by atoms with Gasteiger partial charge in [0.15, 0.2) is 0 Å². The van der Waals surface area contributed by atoms with Crippen LogP contribution in [0.3, 0.4) is 0 Å². The lowest BCUT2D eigenvalue weighted by molar-refractivity contribution is 0.234. The van der Waals surface area contributed by atoms with Crippen LogP contribution in [0.5, 0.6) is 0 Å². The van der Waals surface area contributed by atoms with Gasteiger partial charge in [0.1, 0.15) is 0 Å². The van der Waals surface area contributed by atoms with Gasteiger partial charge < -0.3 is 10.5 Å². The van der Waals surface area contributed by atoms with Crippen LogP contribution in [0.2, 0.25) is 0 Å². The van der Waals surface area contributed by atoms with Gasteiger partial charge in [-0.25, -0.2) is 0 Å². The molecule has 2 aliphatic carbocycles. The van der Waals surface area contributed by atoms with Crippen LogP contribution >= 0.6 is 0 Å². The summed E-state index contributed by atoms with van der Waals surface area (Å²) in [5.74, 6) is 0.924. The first-order valence-corrected chi connectivity index (χ1v) is 7.71. The van der Waals surface area contributed by atoms with Crippen molar-refractivity contribution >= 4 is 23.9 Å². The SMILES string of the molecule is COC/C=C/c1cc(N)cc2c1C=C(CC1CC1)CC=C2. The number of allylic oxidation sites excluding steroid dienone is 2. The molecule has 1 fully saturated rings. The molecule has 0 spiro atoms. The van der Waals surface area contributed by atoms with Gasteiger partial charge in [-0.05, 0) is 60.4 Å². The van der Waals surface area contributed by atoms with Gasteiger partial charge in [0.2, 0.25) is 0 Å². The molecule has 3 rings (SSSR count). The zero-order valence-corrected chi connectivity index (χ0v) is 12.6. The van der Waals surface area contributed by atoms with Crippen LogP contribution in [0.25, 0.3) is 18.2 Å². The predicted molar refractivity (Wildman–Crippen MR) is 90.7 cm³/mol. The number of hydrogen-bond acceptors (Lipinski definition) is 2. The number of ether oxygens (including phenoxy) is 1. The molecule has 21 heavy (non-hydrogen) atoms. The summed E-state index contributed by atoms with van der Waals surface area (Å²) in [6, 6.07) is 4.12. The molecule has 2 heteroatoms. The van der Waals surface area contributed by atoms with Gasteiger partial charge in [0.25, 0.3) is 0 Å². The first kappa shape index (κ1) is 14.2. The van der Waals surface area contributed by atoms with Crippen LogP contribution in [0.15, 0.2) is 29.9 Å². The number of nitrogen functional groups attached to an aromatic ring is 1. The molecule has 1 saturated carbocycles. The highest BCUT2D eigenvalue weighted by atomic mass is 16.5. The van der Waals surface area contributed by atoms with Crippen LogP contribution < -0.4 is 5.73 Å². The molecule has 110 valence electrons. The summed E-state index contributed by atoms with van der Waals surface area (Å²) in [5, 5.41) is 0. The Hall–Kier alpha value is -1.80. The Balaban J connectivity index is 1.97. The van der Waals surface area contributed by atoms with E-state index in [0.29, 0.717) is 6.61 Å². The third-order valence-electron chi connectivity index (χ3n) is 4.10. The predicted octanol–water partition coefficient (Wildman–Crippen LogP) is 4.53. The molecule has 0 aliphatic heterocycles. The normalized spacial score (nSPS) is 17.7. The zero-order chi connectivity index (χ0) is 14.7. The van der Waals surface area contributed by atoms with Crippen molar-refractivity contribution in [3.8, 4) is 0 Å². The molecule has 0 amide bonds. The van der Waals surface area contributed by atoms with Gasteiger partial charge in [-0.1, -0.05) is 36.0 Å². The third kappa shape index (κ3) is 3.64. The third-order valence-corrected chi connectivity index (χ3v) is 4.10. The van der Waals surface area contributed by atoms with Gasteiger partial charge in [-0.15, -0.1) is 0 Å². The summed E-state index contributed by atoms with van der Waals surface area (Å²) in [6.45, 7) is 0.623. The number of fused-ring (bicyclic) bond motifs is 1. The second-order valence-corrected chi connectivity index (χ2v) is 6.03. The van der Waals surface area contributed by atoms with Crippen LogP contribution in [0.1, 0.15) is 42.4 Å². The molecule has 0 heterocycles. The second kappa shape index (κ2) is 6.31. The Morgan fingerprint density at radius 2 is 2.19 bits per heavy atom. The first-order chi connectivity index (χ1) is 10.3. The fourth-order valence-electron chi connectivity index (χ4n) is 2.87. The Kier molecular flexibility index (Phi) is 4.26. The summed E-state index contributed by atoms with van der Waals surface area (Å²) in [7, 11) is 1.71. The monoisotopic (exact) mass is 281 g/mol. The lowest BCUT2D eigenvalue weighted by Crippen LogP contribution is -1.93. The minimum Gasteiger partial charge on any atom is -0.399 e. The van der Waals surface area contributed by atoms with Gasteiger partial charge in [0.05, 0.1) is 6.61 Å².